The fourth-order valence-corrected chi connectivity index (χ4v) is 5.60. The van der Waals surface area contributed by atoms with Crippen LogP contribution in [0.25, 0.3) is 0 Å². The number of hydrogen-bond donors (Lipinski definition) is 0. The van der Waals surface area contributed by atoms with E-state index in [0.717, 1.165) is 25.7 Å². The molecule has 9 heteroatoms. The molecule has 0 bridgehead atoms. The van der Waals surface area contributed by atoms with Gasteiger partial charge < -0.3 is 23.7 Å². The van der Waals surface area contributed by atoms with Crippen molar-refractivity contribution in [2.24, 2.45) is 0 Å². The highest BCUT2D eigenvalue weighted by molar-refractivity contribution is 5.92. The molecule has 0 radical (unpaired) electrons. The summed E-state index contributed by atoms with van der Waals surface area (Å²) in [5, 5.41) is 0. The summed E-state index contributed by atoms with van der Waals surface area (Å²) in [6, 6.07) is 33.2. The van der Waals surface area contributed by atoms with E-state index in [1.807, 2.05) is 0 Å². The Morgan fingerprint density at radius 1 is 0.469 bits per heavy atom. The predicted octanol–water partition coefficient (Wildman–Crippen LogP) is 7.61. The highest BCUT2D eigenvalue weighted by Crippen LogP contribution is 2.34. The number of carbonyl (C=O) groups is 4. The number of carbonyl (C=O) groups excluding carboxylic acids is 4. The number of hydrogen-bond acceptors (Lipinski definition) is 9. The first-order valence-electron chi connectivity index (χ1n) is 16.6. The molecule has 254 valence electrons. The lowest BCUT2D eigenvalue weighted by atomic mass is 9.93. The van der Waals surface area contributed by atoms with Crippen molar-refractivity contribution in [2.75, 3.05) is 0 Å². The van der Waals surface area contributed by atoms with Gasteiger partial charge in [-0.25, -0.2) is 19.2 Å². The average Bonchev–Trinajstić information content (AvgIpc) is 3.15. The van der Waals surface area contributed by atoms with Gasteiger partial charge in [0.15, 0.2) is 12.2 Å². The Morgan fingerprint density at radius 2 is 0.837 bits per heavy atom. The Labute approximate surface area is 286 Å². The van der Waals surface area contributed by atoms with Gasteiger partial charge in [-0.1, -0.05) is 112 Å². The van der Waals surface area contributed by atoms with Crippen LogP contribution >= 0.6 is 0 Å². The fourth-order valence-electron chi connectivity index (χ4n) is 5.60. The third kappa shape index (κ3) is 9.64. The normalized spacial score (nSPS) is 20.1. The van der Waals surface area contributed by atoms with Gasteiger partial charge in [0.05, 0.1) is 22.3 Å². The van der Waals surface area contributed by atoms with Gasteiger partial charge >= 0.3 is 23.9 Å². The number of ether oxygens (including phenoxy) is 5. The van der Waals surface area contributed by atoms with Crippen molar-refractivity contribution in [3.05, 3.63) is 144 Å². The van der Waals surface area contributed by atoms with Crippen LogP contribution in [0.15, 0.2) is 121 Å². The monoisotopic (exact) mass is 664 g/mol. The Bertz CT molecular complexity index is 1640. The molecule has 0 aromatic heterocycles. The molecular formula is C40H40O9. The van der Waals surface area contributed by atoms with E-state index < -0.39 is 54.6 Å². The van der Waals surface area contributed by atoms with Gasteiger partial charge in [-0.05, 0) is 55.0 Å². The minimum Gasteiger partial charge on any atom is -0.452 e. The Kier molecular flexibility index (Phi) is 12.7. The lowest BCUT2D eigenvalue weighted by Gasteiger charge is -2.44. The summed E-state index contributed by atoms with van der Waals surface area (Å²) in [6.07, 6.45) is -1.50. The Hall–Kier alpha value is -5.28. The van der Waals surface area contributed by atoms with E-state index in [9.17, 15) is 19.2 Å². The summed E-state index contributed by atoms with van der Waals surface area (Å²) in [7, 11) is 0. The molecule has 1 heterocycles. The topological polar surface area (TPSA) is 114 Å². The summed E-state index contributed by atoms with van der Waals surface area (Å²) in [5.41, 5.74) is 0.947. The van der Waals surface area contributed by atoms with E-state index in [2.05, 4.69) is 6.92 Å². The van der Waals surface area contributed by atoms with E-state index in [4.69, 9.17) is 23.7 Å². The molecular weight excluding hydrogens is 624 g/mol. The molecule has 1 aliphatic rings. The number of benzene rings is 4. The molecule has 49 heavy (non-hydrogen) atoms. The van der Waals surface area contributed by atoms with Crippen LogP contribution < -0.4 is 0 Å². The second kappa shape index (κ2) is 17.8. The fraction of sp³-hybridized carbons (Fsp3) is 0.300. The first-order valence-corrected chi connectivity index (χ1v) is 16.6. The van der Waals surface area contributed by atoms with E-state index in [0.29, 0.717) is 12.8 Å². The maximum atomic E-state index is 13.7. The van der Waals surface area contributed by atoms with Crippen LogP contribution in [0.4, 0.5) is 0 Å². The van der Waals surface area contributed by atoms with Gasteiger partial charge in [0.2, 0.25) is 12.4 Å². The van der Waals surface area contributed by atoms with Crippen LogP contribution in [0.2, 0.25) is 0 Å². The summed E-state index contributed by atoms with van der Waals surface area (Å²) in [4.78, 5) is 54.2. The Morgan fingerprint density at radius 3 is 1.27 bits per heavy atom. The summed E-state index contributed by atoms with van der Waals surface area (Å²) >= 11 is 0. The molecule has 1 saturated heterocycles. The molecule has 1 aliphatic heterocycles. The van der Waals surface area contributed by atoms with Gasteiger partial charge in [0, 0.05) is 0 Å². The molecule has 5 atom stereocenters. The van der Waals surface area contributed by atoms with Gasteiger partial charge in [-0.3, -0.25) is 0 Å². The van der Waals surface area contributed by atoms with E-state index in [1.54, 1.807) is 121 Å². The smallest absolute Gasteiger partial charge is 0.340 e. The SMILES string of the molecule is CCCCCCC[C@@H]1O[C@H](OC(=O)c2ccccc2)[C@@H](OC(=O)c2ccccc2)[C@H](OC(=O)c2ccccc2)[C@@H]1OC(=O)c1ccccc1. The van der Waals surface area contributed by atoms with Gasteiger partial charge in [0.1, 0.15) is 6.10 Å². The second-order valence-electron chi connectivity index (χ2n) is 11.7. The zero-order valence-electron chi connectivity index (χ0n) is 27.4. The highest BCUT2D eigenvalue weighted by Gasteiger charge is 2.54. The lowest BCUT2D eigenvalue weighted by molar-refractivity contribution is -0.279. The van der Waals surface area contributed by atoms with Crippen LogP contribution in [0.3, 0.4) is 0 Å². The zero-order chi connectivity index (χ0) is 34.4. The predicted molar refractivity (Wildman–Crippen MR) is 181 cm³/mol. The standard InChI is InChI=1S/C40H40O9/c1-2-3-4-5-18-27-32-33(46-36(41)28-19-10-6-11-20-28)34(47-37(42)29-21-12-7-13-22-29)35(48-38(43)30-23-14-8-15-24-30)40(45-32)49-39(44)31-25-16-9-17-26-31/h6-17,19-26,32-35,40H,2-5,18,27H2,1H3/t32-,33+,34+,35-,40+/m0/s1. The number of rotatable bonds is 14. The molecule has 0 amide bonds. The van der Waals surface area contributed by atoms with Crippen LogP contribution in [0.5, 0.6) is 0 Å². The third-order valence-electron chi connectivity index (χ3n) is 8.17. The Balaban J connectivity index is 1.55. The van der Waals surface area contributed by atoms with Crippen molar-refractivity contribution in [1.82, 2.24) is 0 Å². The summed E-state index contributed by atoms with van der Waals surface area (Å²) < 4.78 is 30.5. The summed E-state index contributed by atoms with van der Waals surface area (Å²) in [5.74, 6) is -2.94. The van der Waals surface area contributed by atoms with E-state index in [1.165, 1.54) is 0 Å². The maximum Gasteiger partial charge on any atom is 0.340 e. The molecule has 4 aromatic carbocycles. The van der Waals surface area contributed by atoms with Crippen molar-refractivity contribution in [2.45, 2.75) is 76.2 Å². The molecule has 0 spiro atoms. The number of unbranched alkanes of at least 4 members (excludes halogenated alkanes) is 4. The van der Waals surface area contributed by atoms with E-state index >= 15 is 0 Å². The first kappa shape index (κ1) is 35.0. The first-order chi connectivity index (χ1) is 23.9. The average molecular weight is 665 g/mol. The van der Waals surface area contributed by atoms with Crippen LogP contribution in [-0.4, -0.2) is 54.6 Å². The number of esters is 4. The van der Waals surface area contributed by atoms with Crippen molar-refractivity contribution in [3.63, 3.8) is 0 Å². The molecule has 0 N–H and O–H groups in total. The van der Waals surface area contributed by atoms with Crippen molar-refractivity contribution in [1.29, 1.82) is 0 Å². The van der Waals surface area contributed by atoms with Gasteiger partial charge in [0.25, 0.3) is 0 Å². The molecule has 1 fully saturated rings. The second-order valence-corrected chi connectivity index (χ2v) is 11.7. The lowest BCUT2D eigenvalue weighted by Crippen LogP contribution is -2.62. The molecule has 0 aliphatic carbocycles. The molecule has 0 saturated carbocycles. The minimum absolute atomic E-state index is 0.208. The molecule has 5 rings (SSSR count). The van der Waals surface area contributed by atoms with Crippen LogP contribution in [-0.2, 0) is 23.7 Å². The van der Waals surface area contributed by atoms with E-state index in [-0.39, 0.29) is 22.3 Å². The van der Waals surface area contributed by atoms with Crippen molar-refractivity contribution in [3.8, 4) is 0 Å². The highest BCUT2D eigenvalue weighted by atomic mass is 16.7. The molecule has 4 aromatic rings. The van der Waals surface area contributed by atoms with Crippen molar-refractivity contribution < 1.29 is 42.9 Å². The van der Waals surface area contributed by atoms with Crippen LogP contribution in [0, 0.1) is 0 Å². The third-order valence-corrected chi connectivity index (χ3v) is 8.17. The molecule has 9 nitrogen and oxygen atoms in total. The van der Waals surface area contributed by atoms with Crippen LogP contribution in [0.1, 0.15) is 86.9 Å². The quantitative estimate of drug-likeness (QED) is 0.0763. The minimum atomic E-state index is -1.52. The zero-order valence-corrected chi connectivity index (χ0v) is 27.4. The van der Waals surface area contributed by atoms with Gasteiger partial charge in [-0.15, -0.1) is 0 Å². The van der Waals surface area contributed by atoms with Crippen molar-refractivity contribution >= 4 is 23.9 Å². The molecule has 0 unspecified atom stereocenters. The summed E-state index contributed by atoms with van der Waals surface area (Å²) in [6.45, 7) is 2.12. The maximum absolute atomic E-state index is 13.7. The largest absolute Gasteiger partial charge is 0.452 e. The van der Waals surface area contributed by atoms with Gasteiger partial charge in [-0.2, -0.15) is 0 Å².